The lowest BCUT2D eigenvalue weighted by molar-refractivity contribution is -0.264. The van der Waals surface area contributed by atoms with Crippen LogP contribution in [0.15, 0.2) is 0 Å². The van der Waals surface area contributed by atoms with Gasteiger partial charge in [-0.1, -0.05) is 0 Å². The molecule has 0 bridgehead atoms. The Kier molecular flexibility index (Phi) is 6.62. The Morgan fingerprint density at radius 3 is 2.07 bits per heavy atom. The van der Waals surface area contributed by atoms with Crippen LogP contribution in [0.4, 0.5) is 0 Å². The van der Waals surface area contributed by atoms with E-state index in [1.807, 2.05) is 13.8 Å². The highest BCUT2D eigenvalue weighted by Gasteiger charge is 2.44. The van der Waals surface area contributed by atoms with Gasteiger partial charge in [0.2, 0.25) is 0 Å². The number of hydrogen-bond donors (Lipinski definition) is 2. The molecule has 0 saturated carbocycles. The lowest BCUT2D eigenvalue weighted by Gasteiger charge is -2.42. The van der Waals surface area contributed by atoms with Crippen molar-refractivity contribution < 1.29 is 14.6 Å². The highest BCUT2D eigenvalue weighted by molar-refractivity contribution is 6.14. The van der Waals surface area contributed by atoms with Crippen LogP contribution in [0.5, 0.6) is 0 Å². The zero-order valence-electron chi connectivity index (χ0n) is 10.4. The molecule has 0 aliphatic rings. The van der Waals surface area contributed by atoms with E-state index in [-0.39, 0.29) is 0 Å². The minimum absolute atomic E-state index is 0.544. The van der Waals surface area contributed by atoms with Crippen LogP contribution in [0.25, 0.3) is 0 Å². The van der Waals surface area contributed by atoms with E-state index in [1.54, 1.807) is 6.92 Å². The van der Waals surface area contributed by atoms with Gasteiger partial charge in [0.1, 0.15) is 5.60 Å². The topological polar surface area (TPSA) is 64.7 Å². The second-order valence-electron chi connectivity index (χ2n) is 3.98. The fraction of sp³-hybridized carbons (Fsp3) is 1.00. The van der Waals surface area contributed by atoms with Crippen molar-refractivity contribution in [2.45, 2.75) is 44.6 Å². The molecular weight excluding hydrogens is 210 g/mol. The molecule has 0 saturated heterocycles. The first-order chi connectivity index (χ1) is 6.93. The Morgan fingerprint density at radius 2 is 1.73 bits per heavy atom. The summed E-state index contributed by atoms with van der Waals surface area (Å²) in [7, 11) is 0.628. The van der Waals surface area contributed by atoms with Gasteiger partial charge in [-0.2, -0.15) is 0 Å². The van der Waals surface area contributed by atoms with Gasteiger partial charge >= 0.3 is 0 Å². The van der Waals surface area contributed by atoms with Crippen LogP contribution in [-0.4, -0.2) is 46.1 Å². The van der Waals surface area contributed by atoms with E-state index in [0.717, 1.165) is 6.42 Å². The van der Waals surface area contributed by atoms with Gasteiger partial charge in [0, 0.05) is 13.2 Å². The molecule has 0 aliphatic carbocycles. The van der Waals surface area contributed by atoms with Crippen molar-refractivity contribution in [3.05, 3.63) is 0 Å². The molecule has 0 aliphatic heterocycles. The average molecular weight is 235 g/mol. The summed E-state index contributed by atoms with van der Waals surface area (Å²) in [4.78, 5) is 0. The third kappa shape index (κ3) is 4.20. The summed E-state index contributed by atoms with van der Waals surface area (Å²) < 4.78 is 11.2. The molecule has 0 rings (SSSR count). The molecule has 0 spiro atoms. The Bertz CT molecular complexity index is 170. The first-order valence-electron chi connectivity index (χ1n) is 5.64. The van der Waals surface area contributed by atoms with Crippen LogP contribution >= 0.6 is 0 Å². The highest BCUT2D eigenvalue weighted by Crippen LogP contribution is 2.29. The number of ether oxygens (including phenoxy) is 2. The molecule has 0 radical (unpaired) electrons. The van der Waals surface area contributed by atoms with Gasteiger partial charge < -0.3 is 20.3 Å². The van der Waals surface area contributed by atoms with Gasteiger partial charge in [-0.25, -0.2) is 0 Å². The summed E-state index contributed by atoms with van der Waals surface area (Å²) in [6.45, 7) is 7.24. The molecule has 5 heteroatoms. The lowest BCUT2D eigenvalue weighted by Crippen LogP contribution is -2.57. The molecule has 3 N–H and O–H groups in total. The summed E-state index contributed by atoms with van der Waals surface area (Å²) in [6, 6.07) is 0. The minimum Gasteiger partial charge on any atom is -0.385 e. The third-order valence-electron chi connectivity index (χ3n) is 2.69. The number of hydrogen-bond acceptors (Lipinski definition) is 4. The molecular formula is C10H25NO3Si. The number of rotatable bonds is 8. The van der Waals surface area contributed by atoms with Gasteiger partial charge in [0.15, 0.2) is 5.41 Å². The Hall–Kier alpha value is 0.0569. The molecule has 0 aromatic rings. The molecule has 15 heavy (non-hydrogen) atoms. The minimum atomic E-state index is -0.954. The Balaban J connectivity index is 4.55. The maximum atomic E-state index is 10.4. The normalized spacial score (nSPS) is 16.6. The van der Waals surface area contributed by atoms with Crippen molar-refractivity contribution in [3.8, 4) is 0 Å². The summed E-state index contributed by atoms with van der Waals surface area (Å²) in [6.07, 6.45) is 1.38. The van der Waals surface area contributed by atoms with Crippen LogP contribution in [0.3, 0.4) is 0 Å². The van der Waals surface area contributed by atoms with Crippen LogP contribution < -0.4 is 5.73 Å². The van der Waals surface area contributed by atoms with Crippen molar-refractivity contribution in [3.63, 3.8) is 0 Å². The van der Waals surface area contributed by atoms with Crippen LogP contribution in [0.2, 0.25) is 0 Å². The van der Waals surface area contributed by atoms with Crippen molar-refractivity contribution in [2.24, 2.45) is 5.73 Å². The van der Waals surface area contributed by atoms with Crippen LogP contribution in [-0.2, 0) is 9.47 Å². The van der Waals surface area contributed by atoms with E-state index < -0.39 is 11.0 Å². The van der Waals surface area contributed by atoms with Crippen LogP contribution in [0, 0.1) is 0 Å². The van der Waals surface area contributed by atoms with E-state index in [9.17, 15) is 5.11 Å². The van der Waals surface area contributed by atoms with Crippen molar-refractivity contribution in [1.29, 1.82) is 0 Å². The molecule has 0 fully saturated rings. The fourth-order valence-corrected chi connectivity index (χ4v) is 2.40. The molecule has 4 nitrogen and oxygen atoms in total. The summed E-state index contributed by atoms with van der Waals surface area (Å²) >= 11 is 0. The second-order valence-corrected chi connectivity index (χ2v) is 5.29. The van der Waals surface area contributed by atoms with Crippen molar-refractivity contribution in [2.75, 3.05) is 19.8 Å². The molecule has 0 aromatic heterocycles. The lowest BCUT2D eigenvalue weighted by atomic mass is 9.98. The predicted octanol–water partition coefficient (Wildman–Crippen LogP) is -0.432. The SMILES string of the molecule is CCOC([SiH3])(OCC)C(C)(O)CCCN. The van der Waals surface area contributed by atoms with E-state index in [1.165, 1.54) is 0 Å². The maximum absolute atomic E-state index is 10.4. The van der Waals surface area contributed by atoms with Crippen molar-refractivity contribution in [1.82, 2.24) is 0 Å². The van der Waals surface area contributed by atoms with Gasteiger partial charge in [-0.05, 0) is 40.2 Å². The zero-order chi connectivity index (χ0) is 11.9. The third-order valence-corrected chi connectivity index (χ3v) is 4.34. The average Bonchev–Trinajstić information content (AvgIpc) is 2.15. The van der Waals surface area contributed by atoms with Gasteiger partial charge in [0.25, 0.3) is 0 Å². The summed E-state index contributed by atoms with van der Waals surface area (Å²) in [5, 5.41) is 10.4. The predicted molar refractivity (Wildman–Crippen MR) is 64.8 cm³/mol. The zero-order valence-corrected chi connectivity index (χ0v) is 12.4. The molecule has 0 amide bonds. The van der Waals surface area contributed by atoms with Crippen LogP contribution in [0.1, 0.15) is 33.6 Å². The second kappa shape index (κ2) is 6.60. The van der Waals surface area contributed by atoms with Gasteiger partial charge in [-0.3, -0.25) is 0 Å². The van der Waals surface area contributed by atoms with Gasteiger partial charge in [-0.15, -0.1) is 0 Å². The Morgan fingerprint density at radius 1 is 1.27 bits per heavy atom. The van der Waals surface area contributed by atoms with Crippen molar-refractivity contribution >= 4 is 10.2 Å². The molecule has 92 valence electrons. The quantitative estimate of drug-likeness (QED) is 0.442. The largest absolute Gasteiger partial charge is 0.385 e. The molecule has 0 heterocycles. The van der Waals surface area contributed by atoms with E-state index in [0.29, 0.717) is 36.4 Å². The molecule has 1 atom stereocenters. The van der Waals surface area contributed by atoms with E-state index >= 15 is 0 Å². The summed E-state index contributed by atoms with van der Waals surface area (Å²) in [5.41, 5.74) is 3.68. The number of nitrogens with two attached hydrogens (primary N) is 1. The smallest absolute Gasteiger partial charge is 0.168 e. The molecule has 1 unspecified atom stereocenters. The number of aliphatic hydroxyl groups is 1. The fourth-order valence-electron chi connectivity index (χ4n) is 1.58. The first kappa shape index (κ1) is 15.1. The highest BCUT2D eigenvalue weighted by atomic mass is 28.1. The summed E-state index contributed by atoms with van der Waals surface area (Å²) in [5.74, 6) is 0. The maximum Gasteiger partial charge on any atom is 0.168 e. The Labute approximate surface area is 95.6 Å². The van der Waals surface area contributed by atoms with E-state index in [2.05, 4.69) is 0 Å². The monoisotopic (exact) mass is 235 g/mol. The molecule has 0 aromatic carbocycles. The van der Waals surface area contributed by atoms with Gasteiger partial charge in [0.05, 0.1) is 10.2 Å². The van der Waals surface area contributed by atoms with E-state index in [4.69, 9.17) is 15.2 Å². The standard InChI is InChI=1S/C10H25NO3Si/c1-4-13-10(15,14-5-2)9(3,12)7-6-8-11/h12H,4-8,11H2,1-3,15H3. The first-order valence-corrected chi connectivity index (χ1v) is 6.64.